The molecular weight excluding hydrogens is 176 g/mol. The van der Waals surface area contributed by atoms with Crippen LogP contribution in [0.3, 0.4) is 0 Å². The molecule has 0 saturated carbocycles. The zero-order valence-corrected chi connectivity index (χ0v) is 9.38. The molecule has 0 aliphatic carbocycles. The van der Waals surface area contributed by atoms with Gasteiger partial charge in [-0.3, -0.25) is 4.99 Å². The van der Waals surface area contributed by atoms with Crippen LogP contribution in [0, 0.1) is 5.92 Å². The molecule has 0 atom stereocenters. The number of hydrogen-bond acceptors (Lipinski definition) is 3. The van der Waals surface area contributed by atoms with Crippen LogP contribution in [-0.2, 0) is 4.74 Å². The fourth-order valence-corrected chi connectivity index (χ4v) is 1.41. The third kappa shape index (κ3) is 5.22. The summed E-state index contributed by atoms with van der Waals surface area (Å²) >= 11 is 0. The first kappa shape index (κ1) is 11.5. The maximum Gasteiger partial charge on any atom is 0.0963 e. The van der Waals surface area contributed by atoms with Crippen molar-refractivity contribution in [2.45, 2.75) is 33.1 Å². The van der Waals surface area contributed by atoms with E-state index in [4.69, 9.17) is 4.74 Å². The van der Waals surface area contributed by atoms with Gasteiger partial charge in [-0.1, -0.05) is 13.8 Å². The van der Waals surface area contributed by atoms with Gasteiger partial charge in [-0.15, -0.1) is 0 Å². The summed E-state index contributed by atoms with van der Waals surface area (Å²) in [6.45, 7) is 8.08. The molecule has 3 nitrogen and oxygen atoms in total. The van der Waals surface area contributed by atoms with Crippen molar-refractivity contribution < 1.29 is 4.74 Å². The van der Waals surface area contributed by atoms with Crippen molar-refractivity contribution >= 4 is 5.84 Å². The lowest BCUT2D eigenvalue weighted by Gasteiger charge is -2.08. The summed E-state index contributed by atoms with van der Waals surface area (Å²) in [4.78, 5) is 4.35. The third-order valence-electron chi connectivity index (χ3n) is 2.12. The molecule has 0 aromatic heterocycles. The molecule has 0 spiro atoms. The molecule has 1 aliphatic rings. The van der Waals surface area contributed by atoms with Crippen molar-refractivity contribution in [2.24, 2.45) is 10.9 Å². The van der Waals surface area contributed by atoms with Crippen molar-refractivity contribution in [1.82, 2.24) is 5.32 Å². The summed E-state index contributed by atoms with van der Waals surface area (Å²) in [5.41, 5.74) is 0. The van der Waals surface area contributed by atoms with E-state index in [9.17, 15) is 0 Å². The quantitative estimate of drug-likeness (QED) is 0.661. The van der Waals surface area contributed by atoms with Gasteiger partial charge in [0.2, 0.25) is 0 Å². The number of ether oxygens (including phenoxy) is 1. The Balaban J connectivity index is 1.84. The van der Waals surface area contributed by atoms with Crippen LogP contribution in [0.5, 0.6) is 0 Å². The second-order valence-corrected chi connectivity index (χ2v) is 4.18. The van der Waals surface area contributed by atoms with Crippen LogP contribution in [0.2, 0.25) is 0 Å². The van der Waals surface area contributed by atoms with Crippen LogP contribution in [0.4, 0.5) is 0 Å². The lowest BCUT2D eigenvalue weighted by molar-refractivity contribution is 0.108. The van der Waals surface area contributed by atoms with Crippen LogP contribution in [0.25, 0.3) is 0 Å². The lowest BCUT2D eigenvalue weighted by atomic mass is 10.2. The molecule has 0 aromatic carbocycles. The molecule has 0 bridgehead atoms. The second kappa shape index (κ2) is 6.82. The van der Waals surface area contributed by atoms with E-state index in [1.54, 1.807) is 0 Å². The Morgan fingerprint density at radius 2 is 2.36 bits per heavy atom. The molecule has 0 radical (unpaired) electrons. The van der Waals surface area contributed by atoms with E-state index in [-0.39, 0.29) is 0 Å². The maximum atomic E-state index is 5.48. The molecule has 82 valence electrons. The van der Waals surface area contributed by atoms with E-state index < -0.39 is 0 Å². The zero-order chi connectivity index (χ0) is 10.2. The Morgan fingerprint density at radius 1 is 1.50 bits per heavy atom. The van der Waals surface area contributed by atoms with Crippen molar-refractivity contribution in [1.29, 1.82) is 0 Å². The minimum Gasteiger partial charge on any atom is -0.381 e. The summed E-state index contributed by atoms with van der Waals surface area (Å²) in [7, 11) is 0. The Kier molecular flexibility index (Phi) is 5.60. The van der Waals surface area contributed by atoms with E-state index in [2.05, 4.69) is 24.2 Å². The highest BCUT2D eigenvalue weighted by atomic mass is 16.5. The number of aliphatic imine (C=N–C) groups is 1. The molecule has 3 heteroatoms. The van der Waals surface area contributed by atoms with Crippen LogP contribution in [-0.4, -0.2) is 32.1 Å². The highest BCUT2D eigenvalue weighted by Gasteiger charge is 2.03. The first-order valence-corrected chi connectivity index (χ1v) is 5.64. The van der Waals surface area contributed by atoms with E-state index in [1.807, 2.05) is 0 Å². The monoisotopic (exact) mass is 198 g/mol. The Bertz CT molecular complexity index is 178. The minimum absolute atomic E-state index is 0.641. The van der Waals surface area contributed by atoms with E-state index in [0.717, 1.165) is 39.1 Å². The average Bonchev–Trinajstić information content (AvgIpc) is 2.63. The van der Waals surface area contributed by atoms with Gasteiger partial charge in [0.25, 0.3) is 0 Å². The van der Waals surface area contributed by atoms with Crippen LogP contribution >= 0.6 is 0 Å². The smallest absolute Gasteiger partial charge is 0.0963 e. The molecule has 0 aromatic rings. The van der Waals surface area contributed by atoms with Gasteiger partial charge >= 0.3 is 0 Å². The fourth-order valence-electron chi connectivity index (χ4n) is 1.41. The van der Waals surface area contributed by atoms with Gasteiger partial charge in [0.15, 0.2) is 0 Å². The van der Waals surface area contributed by atoms with Gasteiger partial charge in [-0.2, -0.15) is 0 Å². The summed E-state index contributed by atoms with van der Waals surface area (Å²) in [5.74, 6) is 1.83. The Labute approximate surface area is 86.9 Å². The first-order chi connectivity index (χ1) is 6.79. The van der Waals surface area contributed by atoms with E-state index in [0.29, 0.717) is 5.92 Å². The van der Waals surface area contributed by atoms with Crippen molar-refractivity contribution in [3.8, 4) is 0 Å². The van der Waals surface area contributed by atoms with Gasteiger partial charge in [0, 0.05) is 32.7 Å². The van der Waals surface area contributed by atoms with Crippen molar-refractivity contribution in [3.05, 3.63) is 0 Å². The normalized spacial score (nSPS) is 16.1. The highest BCUT2D eigenvalue weighted by molar-refractivity contribution is 5.83. The number of rotatable bonds is 6. The molecule has 1 heterocycles. The largest absolute Gasteiger partial charge is 0.381 e. The van der Waals surface area contributed by atoms with Crippen LogP contribution < -0.4 is 5.32 Å². The molecule has 1 aliphatic heterocycles. The molecule has 0 amide bonds. The Hall–Kier alpha value is -0.570. The lowest BCUT2D eigenvalue weighted by Crippen LogP contribution is -2.23. The highest BCUT2D eigenvalue weighted by Crippen LogP contribution is 2.00. The third-order valence-corrected chi connectivity index (χ3v) is 2.12. The predicted molar refractivity (Wildman–Crippen MR) is 59.8 cm³/mol. The second-order valence-electron chi connectivity index (χ2n) is 4.18. The molecule has 0 saturated heterocycles. The standard InChI is InChI=1S/C11H22N2O/c1-10(2)9-14-8-4-7-13-11-5-3-6-12-11/h10H,3-9H2,1-2H3,(H,12,13). The van der Waals surface area contributed by atoms with Crippen molar-refractivity contribution in [2.75, 3.05) is 26.3 Å². The minimum atomic E-state index is 0.641. The molecule has 1 rings (SSSR count). The van der Waals surface area contributed by atoms with Gasteiger partial charge in [0.1, 0.15) is 0 Å². The average molecular weight is 198 g/mol. The zero-order valence-electron chi connectivity index (χ0n) is 9.38. The van der Waals surface area contributed by atoms with Gasteiger partial charge < -0.3 is 10.1 Å². The van der Waals surface area contributed by atoms with Gasteiger partial charge in [0.05, 0.1) is 5.84 Å². The number of amidine groups is 1. The molecule has 1 N–H and O–H groups in total. The summed E-state index contributed by atoms with van der Waals surface area (Å²) in [5, 5.41) is 3.34. The topological polar surface area (TPSA) is 33.6 Å². The van der Waals surface area contributed by atoms with Crippen LogP contribution in [0.1, 0.15) is 33.1 Å². The van der Waals surface area contributed by atoms with Crippen molar-refractivity contribution in [3.63, 3.8) is 0 Å². The summed E-state index contributed by atoms with van der Waals surface area (Å²) in [6.07, 6.45) is 3.42. The maximum absolute atomic E-state index is 5.48. The number of nitrogens with one attached hydrogen (secondary N) is 1. The first-order valence-electron chi connectivity index (χ1n) is 5.64. The molecule has 0 fully saturated rings. The van der Waals surface area contributed by atoms with E-state index in [1.165, 1.54) is 12.3 Å². The Morgan fingerprint density at radius 3 is 3.00 bits per heavy atom. The molecular formula is C11H22N2O. The van der Waals surface area contributed by atoms with Crippen LogP contribution in [0.15, 0.2) is 4.99 Å². The number of nitrogens with zero attached hydrogens (tertiary/aromatic N) is 1. The SMILES string of the molecule is CC(C)COCCCNC1=NCCC1. The summed E-state index contributed by atoms with van der Waals surface area (Å²) in [6, 6.07) is 0. The fraction of sp³-hybridized carbons (Fsp3) is 0.909. The van der Waals surface area contributed by atoms with E-state index >= 15 is 0 Å². The summed E-state index contributed by atoms with van der Waals surface area (Å²) < 4.78 is 5.48. The predicted octanol–water partition coefficient (Wildman–Crippen LogP) is 1.83. The molecule has 14 heavy (non-hydrogen) atoms. The molecule has 0 unspecified atom stereocenters. The van der Waals surface area contributed by atoms with Gasteiger partial charge in [-0.05, 0) is 18.8 Å². The van der Waals surface area contributed by atoms with Gasteiger partial charge in [-0.25, -0.2) is 0 Å². The number of hydrogen-bond donors (Lipinski definition) is 1.